The summed E-state index contributed by atoms with van der Waals surface area (Å²) in [6.45, 7) is 5.71. The first kappa shape index (κ1) is 21.7. The molecule has 0 spiro atoms. The number of amides is 1. The van der Waals surface area contributed by atoms with Gasteiger partial charge in [0, 0.05) is 18.1 Å². The number of nitrogens with one attached hydrogen (secondary N) is 1. The average Bonchev–Trinajstić information content (AvgIpc) is 3.06. The summed E-state index contributed by atoms with van der Waals surface area (Å²) < 4.78 is 38.1. The molecule has 0 radical (unpaired) electrons. The Morgan fingerprint density at radius 2 is 1.73 bits per heavy atom. The van der Waals surface area contributed by atoms with E-state index in [0.717, 1.165) is 10.9 Å². The van der Waals surface area contributed by atoms with E-state index in [2.05, 4.69) is 5.32 Å². The lowest BCUT2D eigenvalue weighted by atomic mass is 10.1. The molecule has 0 aliphatic heterocycles. The topological polar surface area (TPSA) is 86.6 Å². The summed E-state index contributed by atoms with van der Waals surface area (Å²) in [5.74, 6) is 0.584. The molecule has 0 fully saturated rings. The van der Waals surface area contributed by atoms with Gasteiger partial charge in [-0.15, -0.1) is 0 Å². The molecule has 30 heavy (non-hydrogen) atoms. The Balaban J connectivity index is 1.87. The number of nitrogens with zero attached hydrogens (tertiary/aromatic N) is 1. The van der Waals surface area contributed by atoms with Gasteiger partial charge < -0.3 is 14.8 Å². The summed E-state index contributed by atoms with van der Waals surface area (Å²) >= 11 is 0. The van der Waals surface area contributed by atoms with E-state index in [1.165, 1.54) is 23.2 Å². The standard InChI is InChI=1S/C22H26N2O5S/c1-22(2,3)29-21(25)23-14-13-16-15-24(20-8-6-5-7-19(16)20)30(26,27)18-11-9-17(28-4)10-12-18/h5-12,15H,13-14H2,1-4H3,(H,23,25). The molecule has 0 atom stereocenters. The van der Waals surface area contributed by atoms with Crippen molar-refractivity contribution >= 4 is 27.0 Å². The number of alkyl carbamates (subject to hydrolysis) is 1. The molecule has 3 rings (SSSR count). The van der Waals surface area contributed by atoms with Crippen molar-refractivity contribution in [3.8, 4) is 5.75 Å². The first-order valence-corrected chi connectivity index (χ1v) is 11.0. The van der Waals surface area contributed by atoms with Crippen molar-refractivity contribution in [1.29, 1.82) is 0 Å². The molecule has 1 amide bonds. The maximum atomic E-state index is 13.2. The smallest absolute Gasteiger partial charge is 0.407 e. The lowest BCUT2D eigenvalue weighted by molar-refractivity contribution is 0.0528. The van der Waals surface area contributed by atoms with Crippen LogP contribution in [0.3, 0.4) is 0 Å². The van der Waals surface area contributed by atoms with Crippen LogP contribution in [-0.2, 0) is 21.2 Å². The summed E-state index contributed by atoms with van der Waals surface area (Å²) in [7, 11) is -2.26. The first-order chi connectivity index (χ1) is 14.1. The van der Waals surface area contributed by atoms with Crippen LogP contribution >= 0.6 is 0 Å². The minimum absolute atomic E-state index is 0.169. The molecule has 7 nitrogen and oxygen atoms in total. The third kappa shape index (κ3) is 4.76. The third-order valence-electron chi connectivity index (χ3n) is 4.44. The van der Waals surface area contributed by atoms with Gasteiger partial charge in [-0.25, -0.2) is 17.2 Å². The van der Waals surface area contributed by atoms with E-state index in [-0.39, 0.29) is 4.90 Å². The van der Waals surface area contributed by atoms with Crippen molar-refractivity contribution < 1.29 is 22.7 Å². The molecule has 1 heterocycles. The number of ether oxygens (including phenoxy) is 2. The molecule has 1 aromatic heterocycles. The number of aromatic nitrogens is 1. The van der Waals surface area contributed by atoms with E-state index in [9.17, 15) is 13.2 Å². The van der Waals surface area contributed by atoms with Gasteiger partial charge in [-0.05, 0) is 63.1 Å². The van der Waals surface area contributed by atoms with Crippen molar-refractivity contribution in [2.75, 3.05) is 13.7 Å². The summed E-state index contributed by atoms with van der Waals surface area (Å²) in [6.07, 6.45) is 1.57. The zero-order valence-electron chi connectivity index (χ0n) is 17.5. The van der Waals surface area contributed by atoms with Crippen molar-refractivity contribution in [3.05, 3.63) is 60.3 Å². The number of hydrogen-bond donors (Lipinski definition) is 1. The lowest BCUT2D eigenvalue weighted by Gasteiger charge is -2.19. The summed E-state index contributed by atoms with van der Waals surface area (Å²) in [4.78, 5) is 12.0. The van der Waals surface area contributed by atoms with Crippen LogP contribution in [0.1, 0.15) is 26.3 Å². The van der Waals surface area contributed by atoms with Gasteiger partial charge in [-0.3, -0.25) is 0 Å². The quantitative estimate of drug-likeness (QED) is 0.640. The van der Waals surface area contributed by atoms with Crippen LogP contribution in [0, 0.1) is 0 Å². The van der Waals surface area contributed by atoms with Crippen molar-refractivity contribution in [3.63, 3.8) is 0 Å². The number of methoxy groups -OCH3 is 1. The fourth-order valence-corrected chi connectivity index (χ4v) is 4.48. The Kier molecular flexibility index (Phi) is 6.07. The van der Waals surface area contributed by atoms with Gasteiger partial charge in [0.15, 0.2) is 0 Å². The average molecular weight is 431 g/mol. The van der Waals surface area contributed by atoms with Crippen LogP contribution in [0.4, 0.5) is 4.79 Å². The summed E-state index contributed by atoms with van der Waals surface area (Å²) in [6, 6.07) is 13.6. The Hall–Kier alpha value is -3.00. The molecule has 0 saturated heterocycles. The number of carbonyl (C=O) groups excluding carboxylic acids is 1. The van der Waals surface area contributed by atoms with Gasteiger partial charge in [-0.2, -0.15) is 0 Å². The molecule has 0 bridgehead atoms. The second-order valence-corrected chi connectivity index (χ2v) is 9.64. The van der Waals surface area contributed by atoms with E-state index >= 15 is 0 Å². The Bertz CT molecular complexity index is 1140. The van der Waals surface area contributed by atoms with E-state index in [4.69, 9.17) is 9.47 Å². The minimum Gasteiger partial charge on any atom is -0.497 e. The SMILES string of the molecule is COc1ccc(S(=O)(=O)n2cc(CCNC(=O)OC(C)(C)C)c3ccccc32)cc1. The number of rotatable bonds is 6. The first-order valence-electron chi connectivity index (χ1n) is 9.57. The predicted octanol–water partition coefficient (Wildman–Crippen LogP) is 3.95. The minimum atomic E-state index is -3.79. The highest BCUT2D eigenvalue weighted by Gasteiger charge is 2.21. The largest absolute Gasteiger partial charge is 0.497 e. The van der Waals surface area contributed by atoms with E-state index in [1.807, 2.05) is 12.1 Å². The molecule has 160 valence electrons. The maximum absolute atomic E-state index is 13.2. The van der Waals surface area contributed by atoms with Gasteiger partial charge in [0.05, 0.1) is 17.5 Å². The maximum Gasteiger partial charge on any atom is 0.407 e. The van der Waals surface area contributed by atoms with Gasteiger partial charge in [0.2, 0.25) is 0 Å². The van der Waals surface area contributed by atoms with Crippen LogP contribution in [0.5, 0.6) is 5.75 Å². The van der Waals surface area contributed by atoms with Gasteiger partial charge in [0.25, 0.3) is 10.0 Å². The Morgan fingerprint density at radius 3 is 2.37 bits per heavy atom. The van der Waals surface area contributed by atoms with Crippen LogP contribution in [-0.4, -0.2) is 37.7 Å². The normalized spacial score (nSPS) is 12.0. The second-order valence-electron chi connectivity index (χ2n) is 7.83. The van der Waals surface area contributed by atoms with Gasteiger partial charge >= 0.3 is 6.09 Å². The monoisotopic (exact) mass is 430 g/mol. The predicted molar refractivity (Wildman–Crippen MR) is 115 cm³/mol. The van der Waals surface area contributed by atoms with Crippen molar-refractivity contribution in [2.45, 2.75) is 37.7 Å². The van der Waals surface area contributed by atoms with E-state index < -0.39 is 21.7 Å². The van der Waals surface area contributed by atoms with Crippen molar-refractivity contribution in [2.24, 2.45) is 0 Å². The summed E-state index contributed by atoms with van der Waals surface area (Å²) in [5, 5.41) is 3.53. The van der Waals surface area contributed by atoms with E-state index in [0.29, 0.717) is 24.2 Å². The van der Waals surface area contributed by atoms with Gasteiger partial charge in [-0.1, -0.05) is 18.2 Å². The molecular weight excluding hydrogens is 404 g/mol. The number of hydrogen-bond acceptors (Lipinski definition) is 5. The third-order valence-corrected chi connectivity index (χ3v) is 6.13. The van der Waals surface area contributed by atoms with Crippen LogP contribution in [0.25, 0.3) is 10.9 Å². The fourth-order valence-electron chi connectivity index (χ4n) is 3.09. The molecule has 2 aromatic carbocycles. The van der Waals surface area contributed by atoms with Crippen LogP contribution in [0.2, 0.25) is 0 Å². The number of fused-ring (bicyclic) bond motifs is 1. The second kappa shape index (κ2) is 8.39. The number of para-hydroxylation sites is 1. The molecule has 8 heteroatoms. The molecule has 0 aliphatic carbocycles. The van der Waals surface area contributed by atoms with Crippen LogP contribution < -0.4 is 10.1 Å². The number of benzene rings is 2. The zero-order valence-corrected chi connectivity index (χ0v) is 18.3. The lowest BCUT2D eigenvalue weighted by Crippen LogP contribution is -2.33. The molecule has 0 aliphatic rings. The Morgan fingerprint density at radius 1 is 1.07 bits per heavy atom. The number of carbonyl (C=O) groups is 1. The van der Waals surface area contributed by atoms with E-state index in [1.54, 1.807) is 51.2 Å². The molecule has 0 unspecified atom stereocenters. The highest BCUT2D eigenvalue weighted by atomic mass is 32.2. The Labute approximate surface area is 176 Å². The molecular formula is C22H26N2O5S. The molecule has 0 saturated carbocycles. The highest BCUT2D eigenvalue weighted by Crippen LogP contribution is 2.27. The molecule has 1 N–H and O–H groups in total. The fraction of sp³-hybridized carbons (Fsp3) is 0.318. The highest BCUT2D eigenvalue weighted by molar-refractivity contribution is 7.90. The van der Waals surface area contributed by atoms with Gasteiger partial charge in [0.1, 0.15) is 11.4 Å². The zero-order chi connectivity index (χ0) is 21.9. The van der Waals surface area contributed by atoms with Crippen LogP contribution in [0.15, 0.2) is 59.6 Å². The molecule has 3 aromatic rings. The van der Waals surface area contributed by atoms with Crippen molar-refractivity contribution in [1.82, 2.24) is 9.29 Å². The summed E-state index contributed by atoms with van der Waals surface area (Å²) in [5.41, 5.74) is 0.825.